The van der Waals surface area contributed by atoms with Crippen molar-refractivity contribution in [1.29, 1.82) is 0 Å². The quantitative estimate of drug-likeness (QED) is 0.863. The van der Waals surface area contributed by atoms with E-state index in [-0.39, 0.29) is 5.82 Å². The lowest BCUT2D eigenvalue weighted by molar-refractivity contribution is 0.312. The van der Waals surface area contributed by atoms with Crippen molar-refractivity contribution < 1.29 is 4.39 Å². The van der Waals surface area contributed by atoms with E-state index in [4.69, 9.17) is 0 Å². The molecule has 1 aliphatic rings. The molecule has 1 fully saturated rings. The molecule has 1 atom stereocenters. The first kappa shape index (κ1) is 12.5. The third kappa shape index (κ3) is 3.51. The predicted molar refractivity (Wildman–Crippen MR) is 68.4 cm³/mol. The predicted octanol–water partition coefficient (Wildman–Crippen LogP) is 2.40. The Morgan fingerprint density at radius 2 is 2.18 bits per heavy atom. The first-order chi connectivity index (χ1) is 8.15. The molecule has 0 bridgehead atoms. The van der Waals surface area contributed by atoms with Crippen LogP contribution in [0.5, 0.6) is 0 Å². The van der Waals surface area contributed by atoms with Crippen molar-refractivity contribution in [2.24, 2.45) is 0 Å². The molecule has 0 spiro atoms. The molecule has 1 aliphatic heterocycles. The zero-order valence-corrected chi connectivity index (χ0v) is 10.6. The number of benzene rings is 1. The van der Waals surface area contributed by atoms with Gasteiger partial charge in [-0.2, -0.15) is 0 Å². The van der Waals surface area contributed by atoms with Crippen molar-refractivity contribution in [3.63, 3.8) is 0 Å². The second kappa shape index (κ2) is 5.61. The molecule has 2 rings (SSSR count). The monoisotopic (exact) mass is 236 g/mol. The molecule has 94 valence electrons. The molecule has 1 unspecified atom stereocenters. The SMILES string of the molecule is CC(C)NC1CCN(Cc2ccccc2F)C1. The van der Waals surface area contributed by atoms with Crippen molar-refractivity contribution in [2.75, 3.05) is 13.1 Å². The Hall–Kier alpha value is -0.930. The van der Waals surface area contributed by atoms with Gasteiger partial charge in [-0.1, -0.05) is 32.0 Å². The van der Waals surface area contributed by atoms with E-state index < -0.39 is 0 Å². The summed E-state index contributed by atoms with van der Waals surface area (Å²) in [5.41, 5.74) is 0.803. The van der Waals surface area contributed by atoms with Gasteiger partial charge in [0.05, 0.1) is 0 Å². The second-order valence-electron chi connectivity index (χ2n) is 5.13. The zero-order chi connectivity index (χ0) is 12.3. The Morgan fingerprint density at radius 1 is 1.41 bits per heavy atom. The van der Waals surface area contributed by atoms with Crippen molar-refractivity contribution >= 4 is 0 Å². The highest BCUT2D eigenvalue weighted by molar-refractivity contribution is 5.17. The Labute approximate surface area is 103 Å². The maximum absolute atomic E-state index is 13.5. The highest BCUT2D eigenvalue weighted by Gasteiger charge is 2.23. The van der Waals surface area contributed by atoms with Crippen molar-refractivity contribution in [3.8, 4) is 0 Å². The average Bonchev–Trinajstić information content (AvgIpc) is 2.68. The summed E-state index contributed by atoms with van der Waals surface area (Å²) in [4.78, 5) is 2.32. The highest BCUT2D eigenvalue weighted by atomic mass is 19.1. The fourth-order valence-electron chi connectivity index (χ4n) is 2.45. The molecule has 0 aromatic heterocycles. The van der Waals surface area contributed by atoms with Crippen LogP contribution in [0, 0.1) is 5.82 Å². The van der Waals surface area contributed by atoms with Crippen LogP contribution in [0.1, 0.15) is 25.8 Å². The van der Waals surface area contributed by atoms with Gasteiger partial charge in [-0.3, -0.25) is 4.90 Å². The van der Waals surface area contributed by atoms with Gasteiger partial charge in [0.25, 0.3) is 0 Å². The molecule has 0 aliphatic carbocycles. The summed E-state index contributed by atoms with van der Waals surface area (Å²) in [7, 11) is 0. The maximum atomic E-state index is 13.5. The van der Waals surface area contributed by atoms with E-state index in [0.717, 1.165) is 31.6 Å². The van der Waals surface area contributed by atoms with Gasteiger partial charge in [0.1, 0.15) is 5.82 Å². The van der Waals surface area contributed by atoms with E-state index in [1.807, 2.05) is 12.1 Å². The molecule has 1 saturated heterocycles. The molecule has 2 nitrogen and oxygen atoms in total. The molecular weight excluding hydrogens is 215 g/mol. The molecule has 1 heterocycles. The molecule has 17 heavy (non-hydrogen) atoms. The average molecular weight is 236 g/mol. The molecule has 3 heteroatoms. The Morgan fingerprint density at radius 3 is 2.88 bits per heavy atom. The van der Waals surface area contributed by atoms with Crippen molar-refractivity contribution in [2.45, 2.75) is 38.9 Å². The van der Waals surface area contributed by atoms with Crippen LogP contribution in [0.2, 0.25) is 0 Å². The summed E-state index contributed by atoms with van der Waals surface area (Å²) in [6.45, 7) is 7.13. The summed E-state index contributed by atoms with van der Waals surface area (Å²) in [5.74, 6) is -0.0900. The molecule has 1 aromatic carbocycles. The molecule has 0 amide bonds. The fraction of sp³-hybridized carbons (Fsp3) is 0.571. The summed E-state index contributed by atoms with van der Waals surface area (Å²) in [6.07, 6.45) is 1.16. The van der Waals surface area contributed by atoms with Crippen LogP contribution >= 0.6 is 0 Å². The minimum Gasteiger partial charge on any atom is -0.310 e. The van der Waals surface area contributed by atoms with Crippen LogP contribution in [0.4, 0.5) is 4.39 Å². The lowest BCUT2D eigenvalue weighted by Gasteiger charge is -2.18. The van der Waals surface area contributed by atoms with Crippen LogP contribution in [0.25, 0.3) is 0 Å². The lowest BCUT2D eigenvalue weighted by Crippen LogP contribution is -2.36. The number of nitrogens with one attached hydrogen (secondary N) is 1. The first-order valence-corrected chi connectivity index (χ1v) is 6.37. The number of nitrogens with zero attached hydrogens (tertiary/aromatic N) is 1. The van der Waals surface area contributed by atoms with E-state index in [1.54, 1.807) is 6.07 Å². The Bertz CT molecular complexity index is 365. The van der Waals surface area contributed by atoms with Gasteiger partial charge < -0.3 is 5.32 Å². The number of halogens is 1. The van der Waals surface area contributed by atoms with Crippen LogP contribution in [-0.2, 0) is 6.54 Å². The number of hydrogen-bond donors (Lipinski definition) is 1. The van der Waals surface area contributed by atoms with Gasteiger partial charge in [0, 0.05) is 37.3 Å². The van der Waals surface area contributed by atoms with E-state index in [2.05, 4.69) is 24.1 Å². The Kier molecular flexibility index (Phi) is 4.13. The van der Waals surface area contributed by atoms with Crippen LogP contribution in [0.15, 0.2) is 24.3 Å². The largest absolute Gasteiger partial charge is 0.310 e. The molecule has 1 N–H and O–H groups in total. The van der Waals surface area contributed by atoms with E-state index in [1.165, 1.54) is 6.07 Å². The van der Waals surface area contributed by atoms with E-state index >= 15 is 0 Å². The second-order valence-corrected chi connectivity index (χ2v) is 5.13. The standard InChI is InChI=1S/C14H21FN2/c1-11(2)16-13-7-8-17(10-13)9-12-5-3-4-6-14(12)15/h3-6,11,13,16H,7-10H2,1-2H3. The van der Waals surface area contributed by atoms with Gasteiger partial charge in [-0.05, 0) is 12.5 Å². The minimum atomic E-state index is -0.0900. The van der Waals surface area contributed by atoms with Crippen molar-refractivity contribution in [3.05, 3.63) is 35.6 Å². The van der Waals surface area contributed by atoms with Crippen LogP contribution < -0.4 is 5.32 Å². The number of likely N-dealkylation sites (tertiary alicyclic amines) is 1. The number of hydrogen-bond acceptors (Lipinski definition) is 2. The summed E-state index contributed by atoms with van der Waals surface area (Å²) in [5, 5.41) is 3.54. The van der Waals surface area contributed by atoms with Gasteiger partial charge in [0.15, 0.2) is 0 Å². The third-order valence-electron chi connectivity index (χ3n) is 3.19. The fourth-order valence-corrected chi connectivity index (χ4v) is 2.45. The maximum Gasteiger partial charge on any atom is 0.127 e. The van der Waals surface area contributed by atoms with Gasteiger partial charge in [-0.15, -0.1) is 0 Å². The van der Waals surface area contributed by atoms with E-state index in [0.29, 0.717) is 12.1 Å². The van der Waals surface area contributed by atoms with E-state index in [9.17, 15) is 4.39 Å². The number of rotatable bonds is 4. The topological polar surface area (TPSA) is 15.3 Å². The van der Waals surface area contributed by atoms with Gasteiger partial charge in [-0.25, -0.2) is 4.39 Å². The molecular formula is C14H21FN2. The highest BCUT2D eigenvalue weighted by Crippen LogP contribution is 2.15. The van der Waals surface area contributed by atoms with Crippen LogP contribution in [0.3, 0.4) is 0 Å². The minimum absolute atomic E-state index is 0.0900. The summed E-state index contributed by atoms with van der Waals surface area (Å²) < 4.78 is 13.5. The first-order valence-electron chi connectivity index (χ1n) is 6.37. The normalized spacial score (nSPS) is 21.3. The lowest BCUT2D eigenvalue weighted by atomic mass is 10.2. The summed E-state index contributed by atoms with van der Waals surface area (Å²) >= 11 is 0. The Balaban J connectivity index is 1.88. The van der Waals surface area contributed by atoms with Crippen molar-refractivity contribution in [1.82, 2.24) is 10.2 Å². The molecule has 0 saturated carbocycles. The smallest absolute Gasteiger partial charge is 0.127 e. The van der Waals surface area contributed by atoms with Gasteiger partial charge >= 0.3 is 0 Å². The molecule has 1 aromatic rings. The zero-order valence-electron chi connectivity index (χ0n) is 10.6. The summed E-state index contributed by atoms with van der Waals surface area (Å²) in [6, 6.07) is 8.13. The van der Waals surface area contributed by atoms with Crippen LogP contribution in [-0.4, -0.2) is 30.1 Å². The molecule has 0 radical (unpaired) electrons. The third-order valence-corrected chi connectivity index (χ3v) is 3.19. The van der Waals surface area contributed by atoms with Gasteiger partial charge in [0.2, 0.25) is 0 Å².